The Bertz CT molecular complexity index is 1240. The summed E-state index contributed by atoms with van der Waals surface area (Å²) in [6, 6.07) is 11.5. The number of para-hydroxylation sites is 1. The van der Waals surface area contributed by atoms with E-state index in [4.69, 9.17) is 5.73 Å². The van der Waals surface area contributed by atoms with Crippen molar-refractivity contribution in [2.45, 2.75) is 53.4 Å². The third kappa shape index (κ3) is 9.96. The number of benzene rings is 2. The molecule has 0 spiro atoms. The normalized spacial score (nSPS) is 16.3. The minimum atomic E-state index is -0.0163. The van der Waals surface area contributed by atoms with Crippen LogP contribution in [0.25, 0.3) is 0 Å². The number of hydrogen-bond acceptors (Lipinski definition) is 7. The molecule has 1 aliphatic heterocycles. The van der Waals surface area contributed by atoms with E-state index < -0.39 is 0 Å². The molecule has 1 saturated heterocycles. The van der Waals surface area contributed by atoms with Crippen molar-refractivity contribution in [2.75, 3.05) is 20.1 Å². The fourth-order valence-electron chi connectivity index (χ4n) is 4.21. The largest absolute Gasteiger partial charge is 0.508 e. The molecule has 8 heteroatoms. The molecule has 1 amide bonds. The summed E-state index contributed by atoms with van der Waals surface area (Å²) in [5.74, 6) is 0.847. The van der Waals surface area contributed by atoms with Gasteiger partial charge in [-0.3, -0.25) is 14.8 Å². The molecule has 0 bridgehead atoms. The third-order valence-electron chi connectivity index (χ3n) is 6.44. The number of nitrogens with two attached hydrogens (primary N) is 1. The molecule has 0 aliphatic carbocycles. The number of phenolic OH excluding ortho intramolecular Hbond substituents is 3. The van der Waals surface area contributed by atoms with Gasteiger partial charge >= 0.3 is 0 Å². The number of carbonyl (C=O) groups is 1. The quantitative estimate of drug-likeness (QED) is 0.357. The average Bonchev–Trinajstić information content (AvgIpc) is 2.90. The van der Waals surface area contributed by atoms with Crippen LogP contribution in [-0.4, -0.2) is 58.2 Å². The maximum absolute atomic E-state index is 12.2. The monoisotopic (exact) mass is 534 g/mol. The van der Waals surface area contributed by atoms with Crippen LogP contribution in [0.15, 0.2) is 75.5 Å². The van der Waals surface area contributed by atoms with E-state index in [0.29, 0.717) is 34.2 Å². The van der Waals surface area contributed by atoms with Crippen LogP contribution in [0.5, 0.6) is 17.2 Å². The molecule has 5 N–H and O–H groups in total. The number of rotatable bonds is 7. The zero-order chi connectivity index (χ0) is 28.9. The summed E-state index contributed by atoms with van der Waals surface area (Å²) in [4.78, 5) is 22.5. The summed E-state index contributed by atoms with van der Waals surface area (Å²) >= 11 is 0. The van der Waals surface area contributed by atoms with Gasteiger partial charge in [-0.15, -0.1) is 0 Å². The SMILES string of the molecule is CCC1CCCN(C(=O)Cc2ccc(O)cc2O)C1.CN=C/C(N)=C(\C)N=C(C=C(C)C)c1ccccc1O. The van der Waals surface area contributed by atoms with Gasteiger partial charge in [-0.05, 0) is 63.8 Å². The van der Waals surface area contributed by atoms with Crippen molar-refractivity contribution >= 4 is 17.8 Å². The Morgan fingerprint density at radius 3 is 2.44 bits per heavy atom. The van der Waals surface area contributed by atoms with E-state index >= 15 is 0 Å². The first-order valence-corrected chi connectivity index (χ1v) is 13.2. The van der Waals surface area contributed by atoms with E-state index in [1.807, 2.05) is 43.9 Å². The van der Waals surface area contributed by atoms with Crippen molar-refractivity contribution in [1.29, 1.82) is 0 Å². The molecule has 1 unspecified atom stereocenters. The Balaban J connectivity index is 0.000000274. The smallest absolute Gasteiger partial charge is 0.227 e. The lowest BCUT2D eigenvalue weighted by Gasteiger charge is -2.32. The second kappa shape index (κ2) is 15.4. The first-order valence-electron chi connectivity index (χ1n) is 13.2. The Labute approximate surface area is 231 Å². The van der Waals surface area contributed by atoms with Gasteiger partial charge in [0.15, 0.2) is 0 Å². The predicted octanol–water partition coefficient (Wildman–Crippen LogP) is 5.33. The molecule has 1 fully saturated rings. The van der Waals surface area contributed by atoms with E-state index in [-0.39, 0.29) is 29.6 Å². The Kier molecular flexibility index (Phi) is 12.3. The topological polar surface area (TPSA) is 132 Å². The first-order chi connectivity index (χ1) is 18.5. The van der Waals surface area contributed by atoms with E-state index in [2.05, 4.69) is 16.9 Å². The van der Waals surface area contributed by atoms with Crippen LogP contribution < -0.4 is 5.73 Å². The van der Waals surface area contributed by atoms with Crippen molar-refractivity contribution in [3.8, 4) is 17.2 Å². The highest BCUT2D eigenvalue weighted by Gasteiger charge is 2.23. The highest BCUT2D eigenvalue weighted by molar-refractivity contribution is 6.11. The van der Waals surface area contributed by atoms with E-state index in [0.717, 1.165) is 31.5 Å². The van der Waals surface area contributed by atoms with Gasteiger partial charge in [0.05, 0.1) is 23.5 Å². The van der Waals surface area contributed by atoms with E-state index in [9.17, 15) is 20.1 Å². The molecular weight excluding hydrogens is 492 g/mol. The van der Waals surface area contributed by atoms with Crippen LogP contribution in [0, 0.1) is 5.92 Å². The molecule has 210 valence electrons. The van der Waals surface area contributed by atoms with Crippen molar-refractivity contribution in [3.63, 3.8) is 0 Å². The van der Waals surface area contributed by atoms with Gasteiger partial charge in [-0.25, -0.2) is 0 Å². The fraction of sp³-hybridized carbons (Fsp3) is 0.387. The van der Waals surface area contributed by atoms with Crippen LogP contribution in [0.4, 0.5) is 0 Å². The number of aliphatic imine (C=N–C) groups is 2. The molecule has 1 heterocycles. The molecule has 3 rings (SSSR count). The Hall–Kier alpha value is -4.07. The summed E-state index contributed by atoms with van der Waals surface area (Å²) in [5.41, 5.74) is 10.0. The second-order valence-corrected chi connectivity index (χ2v) is 9.91. The standard InChI is InChI=1S/C16H21N3O.C15H21NO3/c1-11(2)9-15(13-7-5-6-8-16(13)20)19-12(3)14(17)10-18-4;1-2-11-4-3-7-16(10-11)15(19)8-12-5-6-13(17)9-14(12)18/h5-10,20H,17H2,1-4H3;5-6,9,11,17-18H,2-4,7-8,10H2,1H3/b14-12-,18-10?,19-15?;. The number of piperidine rings is 1. The molecule has 39 heavy (non-hydrogen) atoms. The summed E-state index contributed by atoms with van der Waals surface area (Å²) in [5, 5.41) is 28.9. The van der Waals surface area contributed by atoms with Crippen LogP contribution >= 0.6 is 0 Å². The Morgan fingerprint density at radius 2 is 1.82 bits per heavy atom. The number of nitrogens with zero attached hydrogens (tertiary/aromatic N) is 3. The average molecular weight is 535 g/mol. The van der Waals surface area contributed by atoms with Gasteiger partial charge in [0.2, 0.25) is 5.91 Å². The molecule has 0 saturated carbocycles. The maximum atomic E-state index is 12.2. The van der Waals surface area contributed by atoms with Gasteiger partial charge in [0.1, 0.15) is 17.2 Å². The maximum Gasteiger partial charge on any atom is 0.227 e. The number of phenols is 3. The van der Waals surface area contributed by atoms with Gasteiger partial charge in [0.25, 0.3) is 0 Å². The highest BCUT2D eigenvalue weighted by Crippen LogP contribution is 2.25. The Morgan fingerprint density at radius 1 is 1.10 bits per heavy atom. The number of amides is 1. The van der Waals surface area contributed by atoms with Crippen molar-refractivity contribution < 1.29 is 20.1 Å². The third-order valence-corrected chi connectivity index (χ3v) is 6.44. The van der Waals surface area contributed by atoms with Gasteiger partial charge < -0.3 is 26.0 Å². The van der Waals surface area contributed by atoms with Crippen LogP contribution in [0.1, 0.15) is 58.1 Å². The lowest BCUT2D eigenvalue weighted by atomic mass is 9.95. The summed E-state index contributed by atoms with van der Waals surface area (Å²) < 4.78 is 0. The fourth-order valence-corrected chi connectivity index (χ4v) is 4.21. The highest BCUT2D eigenvalue weighted by atomic mass is 16.3. The number of hydrogen-bond donors (Lipinski definition) is 4. The predicted molar refractivity (Wildman–Crippen MR) is 158 cm³/mol. The molecule has 8 nitrogen and oxygen atoms in total. The van der Waals surface area contributed by atoms with E-state index in [1.165, 1.54) is 18.6 Å². The molecule has 0 aromatic heterocycles. The lowest BCUT2D eigenvalue weighted by molar-refractivity contribution is -0.132. The van der Waals surface area contributed by atoms with Gasteiger partial charge in [0, 0.05) is 43.5 Å². The molecular formula is C31H42N4O4. The summed E-state index contributed by atoms with van der Waals surface area (Å²) in [6.45, 7) is 9.57. The molecule has 2 aromatic rings. The zero-order valence-corrected chi connectivity index (χ0v) is 23.7. The van der Waals surface area contributed by atoms with Crippen molar-refractivity contribution in [2.24, 2.45) is 21.6 Å². The number of allylic oxidation sites excluding steroid dienone is 4. The van der Waals surface area contributed by atoms with Gasteiger partial charge in [-0.1, -0.05) is 37.1 Å². The van der Waals surface area contributed by atoms with E-state index in [1.54, 1.807) is 31.5 Å². The van der Waals surface area contributed by atoms with Gasteiger partial charge in [-0.2, -0.15) is 0 Å². The molecule has 0 radical (unpaired) electrons. The summed E-state index contributed by atoms with van der Waals surface area (Å²) in [7, 11) is 1.66. The first kappa shape index (κ1) is 31.1. The number of aromatic hydroxyl groups is 3. The molecule has 2 aromatic carbocycles. The molecule has 1 aliphatic rings. The zero-order valence-electron chi connectivity index (χ0n) is 23.7. The number of likely N-dealkylation sites (tertiary alicyclic amines) is 1. The summed E-state index contributed by atoms with van der Waals surface area (Å²) in [6.07, 6.45) is 7.03. The lowest BCUT2D eigenvalue weighted by Crippen LogP contribution is -2.40. The van der Waals surface area contributed by atoms with Crippen LogP contribution in [0.3, 0.4) is 0 Å². The van der Waals surface area contributed by atoms with Crippen molar-refractivity contribution in [1.82, 2.24) is 4.90 Å². The second-order valence-electron chi connectivity index (χ2n) is 9.91. The minimum Gasteiger partial charge on any atom is -0.508 e. The van der Waals surface area contributed by atoms with Crippen molar-refractivity contribution in [3.05, 3.63) is 76.6 Å². The number of carbonyl (C=O) groups excluding carboxylic acids is 1. The minimum absolute atomic E-state index is 0.0118. The van der Waals surface area contributed by atoms with Crippen LogP contribution in [0.2, 0.25) is 0 Å². The van der Waals surface area contributed by atoms with Crippen LogP contribution in [-0.2, 0) is 11.2 Å². The molecule has 1 atom stereocenters.